The number of hydrogen-bond acceptors (Lipinski definition) is 4. The number of ether oxygens (including phenoxy) is 1. The Kier molecular flexibility index (Phi) is 8.82. The van der Waals surface area contributed by atoms with Crippen LogP contribution in [-0.2, 0) is 11.3 Å². The molecule has 1 N–H and O–H groups in total. The average molecular weight is 420 g/mol. The minimum absolute atomic E-state index is 0.162. The van der Waals surface area contributed by atoms with Gasteiger partial charge < -0.3 is 9.15 Å². The predicted molar refractivity (Wildman–Crippen MR) is 128 cm³/mol. The maximum absolute atomic E-state index is 12.2. The molecule has 0 spiro atoms. The molecule has 0 radical (unpaired) electrons. The zero-order valence-corrected chi connectivity index (χ0v) is 18.7. The zero-order valence-electron chi connectivity index (χ0n) is 18.7. The number of rotatable bonds is 3. The maximum atomic E-state index is 12.2. The molecule has 5 heteroatoms. The minimum Gasteiger partial charge on any atom is -0.444 e. The number of aryl methyl sites for hydroxylation is 1. The molecule has 0 aliphatic carbocycles. The Morgan fingerprint density at radius 3 is 2.39 bits per heavy atom. The Morgan fingerprint density at radius 1 is 0.903 bits per heavy atom. The highest BCUT2D eigenvalue weighted by Crippen LogP contribution is 2.22. The van der Waals surface area contributed by atoms with E-state index in [0.29, 0.717) is 11.3 Å². The van der Waals surface area contributed by atoms with Crippen LogP contribution < -0.4 is 10.9 Å². The van der Waals surface area contributed by atoms with E-state index in [1.165, 1.54) is 6.07 Å². The summed E-state index contributed by atoms with van der Waals surface area (Å²) in [4.78, 5) is 23.7. The fraction of sp³-hybridized carbons (Fsp3) is 0.231. The standard InChI is InChI=1S/C22H17NO4.2C2H6/c1-14-11-21(24)27-20-12-17(9-10-18(14)20)23-22(25)26-13-16-7-4-6-15-5-2-3-8-19(15)16;2*1-2/h2-12H,13H2,1H3,(H,23,25);2*1-2H3. The lowest BCUT2D eigenvalue weighted by Gasteiger charge is -2.10. The molecule has 0 fully saturated rings. The molecular weight excluding hydrogens is 390 g/mol. The molecule has 4 rings (SSSR count). The summed E-state index contributed by atoms with van der Waals surface area (Å²) in [5.41, 5.74) is 2.26. The molecule has 4 aromatic rings. The zero-order chi connectivity index (χ0) is 22.8. The summed E-state index contributed by atoms with van der Waals surface area (Å²) in [5.74, 6) is 0. The van der Waals surface area contributed by atoms with Gasteiger partial charge in [-0.05, 0) is 41.0 Å². The molecule has 162 valence electrons. The van der Waals surface area contributed by atoms with Crippen molar-refractivity contribution < 1.29 is 13.9 Å². The van der Waals surface area contributed by atoms with Crippen molar-refractivity contribution in [3.05, 3.63) is 88.3 Å². The summed E-state index contributed by atoms with van der Waals surface area (Å²) in [6.45, 7) is 10.00. The summed E-state index contributed by atoms with van der Waals surface area (Å²) in [5, 5.41) is 5.64. The van der Waals surface area contributed by atoms with Gasteiger partial charge in [-0.15, -0.1) is 0 Å². The molecular formula is C26H29NO4. The lowest BCUT2D eigenvalue weighted by molar-refractivity contribution is 0.155. The number of nitrogens with one attached hydrogen (secondary N) is 1. The Balaban J connectivity index is 0.000000807. The van der Waals surface area contributed by atoms with Crippen molar-refractivity contribution in [1.82, 2.24) is 0 Å². The maximum Gasteiger partial charge on any atom is 0.411 e. The Labute approximate surface area is 182 Å². The highest BCUT2D eigenvalue weighted by Gasteiger charge is 2.08. The van der Waals surface area contributed by atoms with Crippen LogP contribution in [0.25, 0.3) is 21.7 Å². The molecule has 3 aromatic carbocycles. The molecule has 0 saturated carbocycles. The second-order valence-corrected chi connectivity index (χ2v) is 6.30. The van der Waals surface area contributed by atoms with Crippen LogP contribution in [0.1, 0.15) is 38.8 Å². The molecule has 31 heavy (non-hydrogen) atoms. The summed E-state index contributed by atoms with van der Waals surface area (Å²) < 4.78 is 10.6. The minimum atomic E-state index is -0.572. The number of carbonyl (C=O) groups excluding carboxylic acids is 1. The van der Waals surface area contributed by atoms with Crippen molar-refractivity contribution in [2.75, 3.05) is 5.32 Å². The van der Waals surface area contributed by atoms with Crippen LogP contribution in [-0.4, -0.2) is 6.09 Å². The lowest BCUT2D eigenvalue weighted by Crippen LogP contribution is -2.13. The molecule has 0 atom stereocenters. The van der Waals surface area contributed by atoms with Crippen LogP contribution in [0.3, 0.4) is 0 Å². The first-order valence-corrected chi connectivity index (χ1v) is 10.5. The SMILES string of the molecule is CC.CC.Cc1cc(=O)oc2cc(NC(=O)OCc3cccc4ccccc34)ccc12. The van der Waals surface area contributed by atoms with Gasteiger partial charge in [0.2, 0.25) is 0 Å². The van der Waals surface area contributed by atoms with E-state index in [9.17, 15) is 9.59 Å². The van der Waals surface area contributed by atoms with Crippen LogP contribution in [0.2, 0.25) is 0 Å². The third-order valence-electron chi connectivity index (χ3n) is 4.44. The molecule has 1 heterocycles. The van der Waals surface area contributed by atoms with Gasteiger partial charge in [0.05, 0.1) is 0 Å². The molecule has 1 aromatic heterocycles. The fourth-order valence-corrected chi connectivity index (χ4v) is 3.12. The van der Waals surface area contributed by atoms with Gasteiger partial charge >= 0.3 is 11.7 Å². The van der Waals surface area contributed by atoms with E-state index in [1.807, 2.05) is 77.1 Å². The van der Waals surface area contributed by atoms with E-state index in [1.54, 1.807) is 18.2 Å². The third-order valence-corrected chi connectivity index (χ3v) is 4.44. The van der Waals surface area contributed by atoms with E-state index in [-0.39, 0.29) is 6.61 Å². The monoisotopic (exact) mass is 419 g/mol. The molecule has 5 nitrogen and oxygen atoms in total. The van der Waals surface area contributed by atoms with Gasteiger partial charge in [0.25, 0.3) is 0 Å². The van der Waals surface area contributed by atoms with Gasteiger partial charge in [-0.2, -0.15) is 0 Å². The molecule has 0 bridgehead atoms. The van der Waals surface area contributed by atoms with Crippen LogP contribution in [0.15, 0.2) is 75.9 Å². The number of anilines is 1. The summed E-state index contributed by atoms with van der Waals surface area (Å²) in [6, 6.07) is 20.4. The van der Waals surface area contributed by atoms with Gasteiger partial charge in [-0.1, -0.05) is 70.2 Å². The van der Waals surface area contributed by atoms with E-state index in [4.69, 9.17) is 9.15 Å². The fourth-order valence-electron chi connectivity index (χ4n) is 3.12. The van der Waals surface area contributed by atoms with Gasteiger partial charge in [0.15, 0.2) is 0 Å². The Hall–Kier alpha value is -3.60. The average Bonchev–Trinajstić information content (AvgIpc) is 2.80. The quantitative estimate of drug-likeness (QED) is 0.361. The van der Waals surface area contributed by atoms with Crippen LogP contribution in [0, 0.1) is 6.92 Å². The van der Waals surface area contributed by atoms with E-state index in [2.05, 4.69) is 5.32 Å². The predicted octanol–water partition coefficient (Wildman–Crippen LogP) is 7.06. The van der Waals surface area contributed by atoms with Crippen molar-refractivity contribution in [3.8, 4) is 0 Å². The molecule has 0 aliphatic rings. The summed E-state index contributed by atoms with van der Waals surface area (Å²) in [7, 11) is 0. The molecule has 0 saturated heterocycles. The number of hydrogen-bond donors (Lipinski definition) is 1. The smallest absolute Gasteiger partial charge is 0.411 e. The Bertz CT molecular complexity index is 1210. The third kappa shape index (κ3) is 5.95. The van der Waals surface area contributed by atoms with E-state index in [0.717, 1.165) is 27.3 Å². The first kappa shape index (κ1) is 23.7. The number of amides is 1. The normalized spacial score (nSPS) is 9.84. The van der Waals surface area contributed by atoms with Crippen molar-refractivity contribution in [2.24, 2.45) is 0 Å². The lowest BCUT2D eigenvalue weighted by atomic mass is 10.1. The van der Waals surface area contributed by atoms with Crippen LogP contribution in [0.5, 0.6) is 0 Å². The number of fused-ring (bicyclic) bond motifs is 2. The summed E-state index contributed by atoms with van der Waals surface area (Å²) in [6.07, 6.45) is -0.572. The molecule has 1 amide bonds. The van der Waals surface area contributed by atoms with Crippen molar-refractivity contribution in [3.63, 3.8) is 0 Å². The molecule has 0 unspecified atom stereocenters. The highest BCUT2D eigenvalue weighted by molar-refractivity contribution is 5.90. The van der Waals surface area contributed by atoms with Crippen molar-refractivity contribution >= 4 is 33.5 Å². The van der Waals surface area contributed by atoms with Crippen LogP contribution in [0.4, 0.5) is 10.5 Å². The van der Waals surface area contributed by atoms with E-state index < -0.39 is 11.7 Å². The first-order chi connectivity index (χ1) is 15.1. The van der Waals surface area contributed by atoms with Crippen LogP contribution >= 0.6 is 0 Å². The van der Waals surface area contributed by atoms with Crippen molar-refractivity contribution in [2.45, 2.75) is 41.2 Å². The van der Waals surface area contributed by atoms with Crippen molar-refractivity contribution in [1.29, 1.82) is 0 Å². The summed E-state index contributed by atoms with van der Waals surface area (Å²) >= 11 is 0. The number of benzene rings is 3. The second kappa shape index (κ2) is 11.6. The van der Waals surface area contributed by atoms with Gasteiger partial charge in [-0.3, -0.25) is 5.32 Å². The van der Waals surface area contributed by atoms with Gasteiger partial charge in [0.1, 0.15) is 12.2 Å². The van der Waals surface area contributed by atoms with Gasteiger partial charge in [-0.25, -0.2) is 9.59 Å². The largest absolute Gasteiger partial charge is 0.444 e. The number of carbonyl (C=O) groups is 1. The first-order valence-electron chi connectivity index (χ1n) is 10.5. The van der Waals surface area contributed by atoms with Gasteiger partial charge in [0, 0.05) is 23.2 Å². The Morgan fingerprint density at radius 2 is 1.61 bits per heavy atom. The molecule has 0 aliphatic heterocycles. The van der Waals surface area contributed by atoms with E-state index >= 15 is 0 Å². The second-order valence-electron chi connectivity index (χ2n) is 6.30. The highest BCUT2D eigenvalue weighted by atomic mass is 16.5. The topological polar surface area (TPSA) is 68.5 Å².